The zero-order valence-electron chi connectivity index (χ0n) is 30.7. The molecule has 0 spiro atoms. The van der Waals surface area contributed by atoms with E-state index in [1.165, 1.54) is 37.9 Å². The summed E-state index contributed by atoms with van der Waals surface area (Å²) in [5.74, 6) is 0.546. The second-order valence-electron chi connectivity index (χ2n) is 13.9. The molecule has 0 amide bonds. The van der Waals surface area contributed by atoms with Gasteiger partial charge in [0, 0.05) is 12.1 Å². The Morgan fingerprint density at radius 2 is 1.09 bits per heavy atom. The van der Waals surface area contributed by atoms with Crippen molar-refractivity contribution >= 4 is 50.4 Å². The van der Waals surface area contributed by atoms with Gasteiger partial charge in [0.2, 0.25) is 0 Å². The van der Waals surface area contributed by atoms with Crippen LogP contribution in [-0.2, 0) is 5.66 Å². The van der Waals surface area contributed by atoms with Crippen LogP contribution < -0.4 is 10.6 Å². The standard InChI is InChI=1S/C51H40N4/c1-52-50(55-51(53-2,42-15-7-4-8-16-42)43-24-21-36(22-25-43)35-13-5-3-6-14-35)41-32-39(37-27-29-54-30-28-37)31-40(33-41)38-23-26-48-46-19-10-9-17-44(46)45-18-11-12-20-47(45)49(48)34-38/h3-29,31-34,53-54H,1,30H2,2H3/b55-50-. The van der Waals surface area contributed by atoms with Crippen LogP contribution >= 0.6 is 0 Å². The molecule has 1 unspecified atom stereocenters. The number of nitrogens with zero attached hydrogens (tertiary/aromatic N) is 2. The van der Waals surface area contributed by atoms with Crippen LogP contribution in [0.3, 0.4) is 0 Å². The Labute approximate surface area is 321 Å². The highest BCUT2D eigenvalue weighted by Crippen LogP contribution is 2.39. The van der Waals surface area contributed by atoms with Crippen molar-refractivity contribution in [1.82, 2.24) is 10.6 Å². The summed E-state index contributed by atoms with van der Waals surface area (Å²) >= 11 is 0. The van der Waals surface area contributed by atoms with Gasteiger partial charge in [-0.1, -0.05) is 152 Å². The average molecular weight is 709 g/mol. The van der Waals surface area contributed by atoms with Crippen LogP contribution in [0.5, 0.6) is 0 Å². The van der Waals surface area contributed by atoms with Gasteiger partial charge >= 0.3 is 0 Å². The lowest BCUT2D eigenvalue weighted by atomic mass is 9.89. The van der Waals surface area contributed by atoms with Gasteiger partial charge in [0.05, 0.1) is 0 Å². The monoisotopic (exact) mass is 708 g/mol. The highest BCUT2D eigenvalue weighted by atomic mass is 15.2. The number of nitrogens with one attached hydrogen (secondary N) is 2. The molecule has 1 atom stereocenters. The molecule has 0 saturated heterocycles. The number of rotatable bonds is 8. The lowest BCUT2D eigenvalue weighted by molar-refractivity contribution is 0.461. The molecule has 0 fully saturated rings. The van der Waals surface area contributed by atoms with Gasteiger partial charge in [-0.25, -0.2) is 9.98 Å². The number of fused-ring (bicyclic) bond motifs is 6. The topological polar surface area (TPSA) is 48.8 Å². The largest absolute Gasteiger partial charge is 0.387 e. The predicted octanol–water partition coefficient (Wildman–Crippen LogP) is 11.5. The molecule has 8 aromatic carbocycles. The molecule has 8 aromatic rings. The second-order valence-corrected chi connectivity index (χ2v) is 13.9. The highest BCUT2D eigenvalue weighted by Gasteiger charge is 2.33. The molecule has 0 aromatic heterocycles. The quantitative estimate of drug-likeness (QED) is 0.0938. The van der Waals surface area contributed by atoms with E-state index in [0.717, 1.165) is 51.1 Å². The Hall–Kier alpha value is -6.88. The van der Waals surface area contributed by atoms with Gasteiger partial charge in [-0.2, -0.15) is 0 Å². The lowest BCUT2D eigenvalue weighted by Crippen LogP contribution is -2.40. The van der Waals surface area contributed by atoms with E-state index in [0.29, 0.717) is 5.84 Å². The highest BCUT2D eigenvalue weighted by molar-refractivity contribution is 6.25. The minimum absolute atomic E-state index is 0.546. The normalized spacial score (nSPS) is 14.1. The maximum Gasteiger partial charge on any atom is 0.164 e. The van der Waals surface area contributed by atoms with Crippen molar-refractivity contribution < 1.29 is 0 Å². The van der Waals surface area contributed by atoms with Crippen LogP contribution in [0.4, 0.5) is 0 Å². The molecule has 9 rings (SSSR count). The molecule has 0 saturated carbocycles. The fourth-order valence-electron chi connectivity index (χ4n) is 8.05. The first-order valence-electron chi connectivity index (χ1n) is 18.7. The van der Waals surface area contributed by atoms with Crippen molar-refractivity contribution in [3.63, 3.8) is 0 Å². The summed E-state index contributed by atoms with van der Waals surface area (Å²) in [6, 6.07) is 60.4. The van der Waals surface area contributed by atoms with Crippen molar-refractivity contribution in [2.45, 2.75) is 5.66 Å². The molecule has 1 aliphatic rings. The molecule has 4 nitrogen and oxygen atoms in total. The Morgan fingerprint density at radius 1 is 0.545 bits per heavy atom. The maximum atomic E-state index is 5.53. The van der Waals surface area contributed by atoms with Crippen LogP contribution in [0.25, 0.3) is 60.1 Å². The van der Waals surface area contributed by atoms with Crippen molar-refractivity contribution in [2.24, 2.45) is 9.98 Å². The molecule has 4 heteroatoms. The molecular formula is C51H40N4. The van der Waals surface area contributed by atoms with Gasteiger partial charge in [0.15, 0.2) is 11.5 Å². The van der Waals surface area contributed by atoms with Gasteiger partial charge in [-0.05, 0) is 127 Å². The van der Waals surface area contributed by atoms with Crippen LogP contribution in [0.2, 0.25) is 0 Å². The predicted molar refractivity (Wildman–Crippen MR) is 234 cm³/mol. The van der Waals surface area contributed by atoms with Gasteiger partial charge in [0.25, 0.3) is 0 Å². The number of allylic oxidation sites excluding steroid dienone is 2. The summed E-state index contributed by atoms with van der Waals surface area (Å²) in [5, 5.41) is 14.4. The van der Waals surface area contributed by atoms with Crippen molar-refractivity contribution in [1.29, 1.82) is 0 Å². The summed E-state index contributed by atoms with van der Waals surface area (Å²) in [6.07, 6.45) is 6.36. The Kier molecular flexibility index (Phi) is 8.95. The first-order chi connectivity index (χ1) is 27.1. The van der Waals surface area contributed by atoms with Gasteiger partial charge < -0.3 is 5.32 Å². The smallest absolute Gasteiger partial charge is 0.164 e. The molecule has 0 radical (unpaired) electrons. The molecule has 2 N–H and O–H groups in total. The SMILES string of the molecule is C=N/C(=N\C(NC)(c1ccccc1)c1ccc(-c2ccccc2)cc1)c1cc(C2=CCNC=C2)cc(-c2ccc3c4ccccc4c4ccccc4c3c2)c1. The van der Waals surface area contributed by atoms with E-state index in [2.05, 4.69) is 192 Å². The van der Waals surface area contributed by atoms with Gasteiger partial charge in [-0.15, -0.1) is 0 Å². The van der Waals surface area contributed by atoms with Crippen LogP contribution in [-0.4, -0.2) is 26.1 Å². The van der Waals surface area contributed by atoms with E-state index < -0.39 is 5.66 Å². The van der Waals surface area contributed by atoms with E-state index in [9.17, 15) is 0 Å². The second kappa shape index (κ2) is 14.5. The number of hydrogen-bond donors (Lipinski definition) is 2. The van der Waals surface area contributed by atoms with Crippen LogP contribution in [0.1, 0.15) is 22.3 Å². The fourth-order valence-corrected chi connectivity index (χ4v) is 8.05. The summed E-state index contributed by atoms with van der Waals surface area (Å²) < 4.78 is 0. The number of aliphatic imine (C=N–C) groups is 2. The summed E-state index contributed by atoms with van der Waals surface area (Å²) in [5.41, 5.74) is 8.68. The minimum Gasteiger partial charge on any atom is -0.387 e. The molecule has 0 aliphatic carbocycles. The third-order valence-corrected chi connectivity index (χ3v) is 10.8. The third kappa shape index (κ3) is 6.23. The van der Waals surface area contributed by atoms with Gasteiger partial charge in [0.1, 0.15) is 0 Å². The van der Waals surface area contributed by atoms with Gasteiger partial charge in [-0.3, -0.25) is 5.32 Å². The molecule has 1 heterocycles. The number of hydrogen-bond acceptors (Lipinski definition) is 3. The van der Waals surface area contributed by atoms with E-state index in [4.69, 9.17) is 4.99 Å². The summed E-state index contributed by atoms with van der Waals surface area (Å²) in [4.78, 5) is 10.2. The van der Waals surface area contributed by atoms with E-state index >= 15 is 0 Å². The summed E-state index contributed by atoms with van der Waals surface area (Å²) in [7, 11) is 1.96. The zero-order chi connectivity index (χ0) is 37.2. The number of amidine groups is 1. The summed E-state index contributed by atoms with van der Waals surface area (Å²) in [6.45, 7) is 4.86. The number of dihydropyridines is 1. The van der Waals surface area contributed by atoms with E-state index in [-0.39, 0.29) is 0 Å². The van der Waals surface area contributed by atoms with E-state index in [1.807, 2.05) is 25.4 Å². The van der Waals surface area contributed by atoms with Crippen molar-refractivity contribution in [3.8, 4) is 22.3 Å². The van der Waals surface area contributed by atoms with Crippen LogP contribution in [0.15, 0.2) is 198 Å². The van der Waals surface area contributed by atoms with Crippen molar-refractivity contribution in [3.05, 3.63) is 210 Å². The van der Waals surface area contributed by atoms with Crippen LogP contribution in [0, 0.1) is 0 Å². The molecule has 264 valence electrons. The molecule has 1 aliphatic heterocycles. The third-order valence-electron chi connectivity index (χ3n) is 10.8. The molecule has 0 bridgehead atoms. The average Bonchev–Trinajstić information content (AvgIpc) is 3.28. The minimum atomic E-state index is -0.944. The first-order valence-corrected chi connectivity index (χ1v) is 18.7. The van der Waals surface area contributed by atoms with Crippen molar-refractivity contribution in [2.75, 3.05) is 13.6 Å². The fraction of sp³-hybridized carbons (Fsp3) is 0.0588. The number of benzene rings is 8. The molecule has 55 heavy (non-hydrogen) atoms. The lowest BCUT2D eigenvalue weighted by Gasteiger charge is -2.31. The maximum absolute atomic E-state index is 5.53. The Bertz CT molecular complexity index is 2760. The Balaban J connectivity index is 1.24. The zero-order valence-corrected chi connectivity index (χ0v) is 30.7. The van der Waals surface area contributed by atoms with E-state index in [1.54, 1.807) is 0 Å². The first kappa shape index (κ1) is 33.9. The Morgan fingerprint density at radius 3 is 1.71 bits per heavy atom. The molecular weight excluding hydrogens is 669 g/mol.